The molecule has 2 heterocycles. The topological polar surface area (TPSA) is 63.5 Å². The third-order valence-electron chi connectivity index (χ3n) is 5.61. The van der Waals surface area contributed by atoms with Gasteiger partial charge in [-0.15, -0.1) is 0 Å². The SMILES string of the molecule is COc1ccc(C2Oc3ccccc3C3CC(c4ccccc4O)=NN32)cc1OC. The molecule has 6 heteroatoms. The number of benzene rings is 3. The van der Waals surface area contributed by atoms with E-state index in [4.69, 9.17) is 19.3 Å². The summed E-state index contributed by atoms with van der Waals surface area (Å²) in [5, 5.41) is 17.2. The van der Waals surface area contributed by atoms with E-state index in [0.717, 1.165) is 28.2 Å². The molecule has 152 valence electrons. The summed E-state index contributed by atoms with van der Waals surface area (Å²) in [4.78, 5) is 0. The average Bonchev–Trinajstić information content (AvgIpc) is 3.24. The van der Waals surface area contributed by atoms with Crippen LogP contribution in [0.1, 0.15) is 35.4 Å². The van der Waals surface area contributed by atoms with Gasteiger partial charge in [0.2, 0.25) is 6.23 Å². The Hall–Kier alpha value is -3.67. The highest BCUT2D eigenvalue weighted by Crippen LogP contribution is 2.48. The standard InChI is InChI=1S/C24H22N2O4/c1-28-22-12-11-15(13-23(22)29-2)24-26-19(17-8-4-6-10-21(17)30-24)14-18(25-26)16-7-3-5-9-20(16)27/h3-13,19,24,27H,14H2,1-2H3. The summed E-state index contributed by atoms with van der Waals surface area (Å²) in [5.74, 6) is 2.37. The van der Waals surface area contributed by atoms with Crippen molar-refractivity contribution in [2.45, 2.75) is 18.7 Å². The number of methoxy groups -OCH3 is 2. The summed E-state index contributed by atoms with van der Waals surface area (Å²) in [5.41, 5.74) is 3.58. The van der Waals surface area contributed by atoms with Crippen molar-refractivity contribution in [3.05, 3.63) is 83.4 Å². The van der Waals surface area contributed by atoms with Gasteiger partial charge in [-0.1, -0.05) is 30.3 Å². The zero-order valence-corrected chi connectivity index (χ0v) is 16.8. The average molecular weight is 402 g/mol. The molecule has 0 radical (unpaired) electrons. The van der Waals surface area contributed by atoms with Crippen molar-refractivity contribution in [2.24, 2.45) is 5.10 Å². The minimum absolute atomic E-state index is 0.0163. The van der Waals surface area contributed by atoms with Crippen LogP contribution in [0.25, 0.3) is 0 Å². The number of phenolic OH excluding ortho intramolecular Hbond substituents is 1. The number of phenols is 1. The molecule has 0 bridgehead atoms. The Morgan fingerprint density at radius 2 is 1.73 bits per heavy atom. The Balaban J connectivity index is 1.60. The van der Waals surface area contributed by atoms with E-state index in [-0.39, 0.29) is 11.8 Å². The van der Waals surface area contributed by atoms with Gasteiger partial charge in [0.1, 0.15) is 11.5 Å². The Morgan fingerprint density at radius 1 is 0.967 bits per heavy atom. The van der Waals surface area contributed by atoms with Crippen LogP contribution in [0.2, 0.25) is 0 Å². The number of hydrazone groups is 1. The molecule has 0 aliphatic carbocycles. The molecule has 3 aromatic rings. The maximum Gasteiger partial charge on any atom is 0.214 e. The Labute approximate surface area is 174 Å². The van der Waals surface area contributed by atoms with Crippen molar-refractivity contribution in [3.8, 4) is 23.0 Å². The summed E-state index contributed by atoms with van der Waals surface area (Å²) >= 11 is 0. The number of hydrogen-bond donors (Lipinski definition) is 1. The first-order valence-electron chi connectivity index (χ1n) is 9.81. The highest BCUT2D eigenvalue weighted by Gasteiger charge is 2.41. The van der Waals surface area contributed by atoms with Gasteiger partial charge < -0.3 is 19.3 Å². The van der Waals surface area contributed by atoms with E-state index in [1.807, 2.05) is 59.6 Å². The van der Waals surface area contributed by atoms with Crippen molar-refractivity contribution in [1.29, 1.82) is 0 Å². The van der Waals surface area contributed by atoms with Crippen LogP contribution in [0.4, 0.5) is 0 Å². The maximum absolute atomic E-state index is 10.3. The number of aromatic hydroxyl groups is 1. The number of rotatable bonds is 4. The minimum Gasteiger partial charge on any atom is -0.507 e. The van der Waals surface area contributed by atoms with E-state index >= 15 is 0 Å². The normalized spacial score (nSPS) is 19.4. The minimum atomic E-state index is -0.423. The quantitative estimate of drug-likeness (QED) is 0.688. The number of fused-ring (bicyclic) bond motifs is 3. The number of nitrogens with zero attached hydrogens (tertiary/aromatic N) is 2. The predicted molar refractivity (Wildman–Crippen MR) is 113 cm³/mol. The van der Waals surface area contributed by atoms with Gasteiger partial charge in [0.05, 0.1) is 26.0 Å². The van der Waals surface area contributed by atoms with Crippen molar-refractivity contribution in [1.82, 2.24) is 5.01 Å². The van der Waals surface area contributed by atoms with Gasteiger partial charge in [-0.3, -0.25) is 0 Å². The van der Waals surface area contributed by atoms with Crippen LogP contribution < -0.4 is 14.2 Å². The van der Waals surface area contributed by atoms with Crippen LogP contribution in [0.5, 0.6) is 23.0 Å². The van der Waals surface area contributed by atoms with Crippen LogP contribution in [0.3, 0.4) is 0 Å². The molecule has 6 nitrogen and oxygen atoms in total. The van der Waals surface area contributed by atoms with Crippen molar-refractivity contribution < 1.29 is 19.3 Å². The fourth-order valence-electron chi connectivity index (χ4n) is 4.14. The highest BCUT2D eigenvalue weighted by molar-refractivity contribution is 6.04. The smallest absolute Gasteiger partial charge is 0.214 e. The van der Waals surface area contributed by atoms with Gasteiger partial charge in [-0.05, 0) is 36.4 Å². The molecule has 30 heavy (non-hydrogen) atoms. The van der Waals surface area contributed by atoms with Crippen LogP contribution in [0, 0.1) is 0 Å². The molecule has 2 aliphatic rings. The van der Waals surface area contributed by atoms with Crippen LogP contribution in [0.15, 0.2) is 71.8 Å². The molecule has 2 unspecified atom stereocenters. The lowest BCUT2D eigenvalue weighted by molar-refractivity contribution is -0.0191. The summed E-state index contributed by atoms with van der Waals surface area (Å²) in [6.45, 7) is 0. The lowest BCUT2D eigenvalue weighted by Gasteiger charge is -2.38. The molecule has 0 fully saturated rings. The number of para-hydroxylation sites is 2. The molecule has 1 N–H and O–H groups in total. The second-order valence-electron chi connectivity index (χ2n) is 7.29. The Kier molecular flexibility index (Phi) is 4.47. The molecular weight excluding hydrogens is 380 g/mol. The molecule has 2 atom stereocenters. The summed E-state index contributed by atoms with van der Waals surface area (Å²) in [7, 11) is 3.23. The van der Waals surface area contributed by atoms with E-state index in [2.05, 4.69) is 6.07 Å². The maximum atomic E-state index is 10.3. The fraction of sp³-hybridized carbons (Fsp3) is 0.208. The lowest BCUT2D eigenvalue weighted by atomic mass is 9.95. The van der Waals surface area contributed by atoms with Crippen molar-refractivity contribution in [2.75, 3.05) is 14.2 Å². The van der Waals surface area contributed by atoms with E-state index in [0.29, 0.717) is 17.9 Å². The molecule has 0 amide bonds. The monoisotopic (exact) mass is 402 g/mol. The lowest BCUT2D eigenvalue weighted by Crippen LogP contribution is -2.33. The molecule has 0 aromatic heterocycles. The number of ether oxygens (including phenoxy) is 3. The highest BCUT2D eigenvalue weighted by atomic mass is 16.5. The van der Waals surface area contributed by atoms with E-state index in [1.165, 1.54) is 0 Å². The van der Waals surface area contributed by atoms with Gasteiger partial charge in [0.25, 0.3) is 0 Å². The molecule has 3 aromatic carbocycles. The van der Waals surface area contributed by atoms with Gasteiger partial charge in [-0.25, -0.2) is 5.01 Å². The molecule has 0 spiro atoms. The zero-order chi connectivity index (χ0) is 20.7. The zero-order valence-electron chi connectivity index (χ0n) is 16.8. The Morgan fingerprint density at radius 3 is 2.53 bits per heavy atom. The Bertz CT molecular complexity index is 1130. The van der Waals surface area contributed by atoms with Crippen LogP contribution in [-0.2, 0) is 0 Å². The second-order valence-corrected chi connectivity index (χ2v) is 7.29. The van der Waals surface area contributed by atoms with Gasteiger partial charge in [0.15, 0.2) is 11.5 Å². The largest absolute Gasteiger partial charge is 0.507 e. The molecule has 0 saturated heterocycles. The third kappa shape index (κ3) is 2.92. The number of hydrogen-bond acceptors (Lipinski definition) is 6. The summed E-state index contributed by atoms with van der Waals surface area (Å²) in [6, 6.07) is 21.1. The second kappa shape index (κ2) is 7.30. The first kappa shape index (κ1) is 18.4. The summed E-state index contributed by atoms with van der Waals surface area (Å²) < 4.78 is 17.2. The molecular formula is C24H22N2O4. The third-order valence-corrected chi connectivity index (χ3v) is 5.61. The van der Waals surface area contributed by atoms with E-state index < -0.39 is 6.23 Å². The summed E-state index contributed by atoms with van der Waals surface area (Å²) in [6.07, 6.45) is 0.259. The van der Waals surface area contributed by atoms with Gasteiger partial charge >= 0.3 is 0 Å². The first-order valence-corrected chi connectivity index (χ1v) is 9.81. The van der Waals surface area contributed by atoms with E-state index in [1.54, 1.807) is 20.3 Å². The van der Waals surface area contributed by atoms with Gasteiger partial charge in [-0.2, -0.15) is 5.10 Å². The predicted octanol–water partition coefficient (Wildman–Crippen LogP) is 4.65. The van der Waals surface area contributed by atoms with Gasteiger partial charge in [0, 0.05) is 23.1 Å². The van der Waals surface area contributed by atoms with E-state index in [9.17, 15) is 5.11 Å². The van der Waals surface area contributed by atoms with Crippen LogP contribution >= 0.6 is 0 Å². The molecule has 5 rings (SSSR count). The first-order chi connectivity index (χ1) is 14.7. The molecule has 0 saturated carbocycles. The molecule has 2 aliphatic heterocycles. The van der Waals surface area contributed by atoms with Crippen LogP contribution in [-0.4, -0.2) is 30.0 Å². The fourth-order valence-corrected chi connectivity index (χ4v) is 4.14. The van der Waals surface area contributed by atoms with Crippen molar-refractivity contribution >= 4 is 5.71 Å². The van der Waals surface area contributed by atoms with Crippen molar-refractivity contribution in [3.63, 3.8) is 0 Å².